The fourth-order valence-corrected chi connectivity index (χ4v) is 2.34. The number of hydrogen-bond donors (Lipinski definition) is 1. The van der Waals surface area contributed by atoms with Crippen LogP contribution in [0.4, 0.5) is 4.39 Å². The summed E-state index contributed by atoms with van der Waals surface area (Å²) in [5.74, 6) is 5.95. The average Bonchev–Trinajstić information content (AvgIpc) is 2.43. The normalized spacial score (nSPS) is 9.79. The van der Waals surface area contributed by atoms with Gasteiger partial charge in [-0.2, -0.15) is 0 Å². The second-order valence-electron chi connectivity index (χ2n) is 3.81. The number of benzene rings is 1. The molecule has 0 aliphatic rings. The van der Waals surface area contributed by atoms with E-state index in [0.717, 1.165) is 10.6 Å². The van der Waals surface area contributed by atoms with Gasteiger partial charge in [-0.25, -0.2) is 9.37 Å². The van der Waals surface area contributed by atoms with Crippen molar-refractivity contribution in [2.75, 3.05) is 6.54 Å². The van der Waals surface area contributed by atoms with Crippen molar-refractivity contribution in [1.29, 1.82) is 0 Å². The Bertz CT molecular complexity index is 603. The molecule has 0 fully saturated rings. The summed E-state index contributed by atoms with van der Waals surface area (Å²) in [6.07, 6.45) is 1.74. The van der Waals surface area contributed by atoms with Crippen LogP contribution in [0.5, 0.6) is 0 Å². The molecule has 0 saturated heterocycles. The predicted octanol–water partition coefficient (Wildman–Crippen LogP) is 2.82. The fourth-order valence-electron chi connectivity index (χ4n) is 1.55. The van der Waals surface area contributed by atoms with Crippen LogP contribution in [0.2, 0.25) is 0 Å². The topological polar surface area (TPSA) is 38.9 Å². The van der Waals surface area contributed by atoms with Gasteiger partial charge in [-0.1, -0.05) is 17.9 Å². The van der Waals surface area contributed by atoms with Crippen molar-refractivity contribution in [3.63, 3.8) is 0 Å². The van der Waals surface area contributed by atoms with Crippen molar-refractivity contribution in [2.45, 2.75) is 10.8 Å². The Balaban J connectivity index is 2.10. The van der Waals surface area contributed by atoms with E-state index in [9.17, 15) is 4.39 Å². The lowest BCUT2D eigenvalue weighted by atomic mass is 10.1. The second kappa shape index (κ2) is 6.93. The molecular formula is C15H13FN2S. The van der Waals surface area contributed by atoms with Crippen LogP contribution in [0.15, 0.2) is 47.6 Å². The van der Waals surface area contributed by atoms with Gasteiger partial charge in [0.05, 0.1) is 11.6 Å². The zero-order chi connectivity index (χ0) is 13.5. The summed E-state index contributed by atoms with van der Waals surface area (Å²) in [5, 5.41) is 0.918. The van der Waals surface area contributed by atoms with Gasteiger partial charge in [0.1, 0.15) is 5.82 Å². The third-order valence-corrected chi connectivity index (χ3v) is 3.33. The molecule has 0 atom stereocenters. The highest BCUT2D eigenvalue weighted by Gasteiger charge is 2.01. The molecule has 19 heavy (non-hydrogen) atoms. The van der Waals surface area contributed by atoms with Gasteiger partial charge in [-0.05, 0) is 35.9 Å². The Kier molecular flexibility index (Phi) is 4.96. The molecule has 0 spiro atoms. The molecule has 2 aromatic rings. The highest BCUT2D eigenvalue weighted by molar-refractivity contribution is 7.98. The summed E-state index contributed by atoms with van der Waals surface area (Å²) in [7, 11) is 0. The number of hydrogen-bond acceptors (Lipinski definition) is 3. The maximum atomic E-state index is 13.5. The van der Waals surface area contributed by atoms with Crippen LogP contribution >= 0.6 is 11.8 Å². The smallest absolute Gasteiger partial charge is 0.124 e. The Morgan fingerprint density at radius 1 is 1.26 bits per heavy atom. The Hall–Kier alpha value is -1.83. The van der Waals surface area contributed by atoms with Gasteiger partial charge >= 0.3 is 0 Å². The van der Waals surface area contributed by atoms with E-state index in [0.29, 0.717) is 11.3 Å². The number of pyridine rings is 1. The van der Waals surface area contributed by atoms with Crippen molar-refractivity contribution in [3.05, 3.63) is 59.5 Å². The van der Waals surface area contributed by atoms with Crippen LogP contribution in [0.25, 0.3) is 0 Å². The fraction of sp³-hybridized carbons (Fsp3) is 0.133. The quantitative estimate of drug-likeness (QED) is 0.690. The predicted molar refractivity (Wildman–Crippen MR) is 76.1 cm³/mol. The monoisotopic (exact) mass is 272 g/mol. The number of nitrogens with two attached hydrogens (primary N) is 1. The standard InChI is InChI=1S/C15H13FN2S/c16-14-9-12(4-3-6-17)8-13(10-14)11-19-15-5-1-2-7-18-15/h1-2,5,7-10H,6,11,17H2. The highest BCUT2D eigenvalue weighted by atomic mass is 32.2. The highest BCUT2D eigenvalue weighted by Crippen LogP contribution is 2.21. The van der Waals surface area contributed by atoms with Crippen LogP contribution in [-0.4, -0.2) is 11.5 Å². The second-order valence-corrected chi connectivity index (χ2v) is 4.81. The van der Waals surface area contributed by atoms with E-state index in [-0.39, 0.29) is 12.4 Å². The lowest BCUT2D eigenvalue weighted by Crippen LogP contribution is -1.93. The summed E-state index contributed by atoms with van der Waals surface area (Å²) in [5.41, 5.74) is 6.85. The van der Waals surface area contributed by atoms with E-state index in [1.165, 1.54) is 12.1 Å². The maximum Gasteiger partial charge on any atom is 0.124 e. The van der Waals surface area contributed by atoms with Crippen molar-refractivity contribution in [1.82, 2.24) is 4.98 Å². The SMILES string of the molecule is NCC#Cc1cc(F)cc(CSc2ccccn2)c1. The number of rotatable bonds is 3. The van der Waals surface area contributed by atoms with Gasteiger partial charge in [-0.15, -0.1) is 11.8 Å². The minimum atomic E-state index is -0.277. The number of halogens is 1. The molecule has 1 aromatic heterocycles. The summed E-state index contributed by atoms with van der Waals surface area (Å²) < 4.78 is 13.5. The average molecular weight is 272 g/mol. The minimum Gasteiger partial charge on any atom is -0.320 e. The summed E-state index contributed by atoms with van der Waals surface area (Å²) in [4.78, 5) is 4.21. The lowest BCUT2D eigenvalue weighted by molar-refractivity contribution is 0.626. The van der Waals surface area contributed by atoms with Crippen molar-refractivity contribution in [2.24, 2.45) is 5.73 Å². The maximum absolute atomic E-state index is 13.5. The largest absolute Gasteiger partial charge is 0.320 e. The third kappa shape index (κ3) is 4.40. The van der Waals surface area contributed by atoms with Crippen LogP contribution in [0.1, 0.15) is 11.1 Å². The van der Waals surface area contributed by atoms with Gasteiger partial charge in [0.15, 0.2) is 0 Å². The van der Waals surface area contributed by atoms with E-state index in [2.05, 4.69) is 16.8 Å². The first-order valence-electron chi connectivity index (χ1n) is 5.80. The third-order valence-electron chi connectivity index (χ3n) is 2.32. The molecule has 96 valence electrons. The van der Waals surface area contributed by atoms with Crippen molar-refractivity contribution < 1.29 is 4.39 Å². The van der Waals surface area contributed by atoms with Gasteiger partial charge in [0.2, 0.25) is 0 Å². The Morgan fingerprint density at radius 2 is 2.16 bits per heavy atom. The van der Waals surface area contributed by atoms with Gasteiger partial charge in [0, 0.05) is 17.5 Å². The first-order chi connectivity index (χ1) is 9.28. The molecule has 2 rings (SSSR count). The number of nitrogens with zero attached hydrogens (tertiary/aromatic N) is 1. The van der Waals surface area contributed by atoms with Crippen molar-refractivity contribution in [3.8, 4) is 11.8 Å². The first-order valence-corrected chi connectivity index (χ1v) is 6.79. The molecule has 0 bridgehead atoms. The molecule has 0 aliphatic heterocycles. The molecule has 1 aromatic carbocycles. The Labute approximate surface area is 116 Å². The van der Waals surface area contributed by atoms with Gasteiger partial charge in [0.25, 0.3) is 0 Å². The molecule has 0 amide bonds. The van der Waals surface area contributed by atoms with Crippen LogP contribution in [0.3, 0.4) is 0 Å². The minimum absolute atomic E-state index is 0.272. The van der Waals surface area contributed by atoms with E-state index in [1.54, 1.807) is 18.0 Å². The molecule has 0 saturated carbocycles. The van der Waals surface area contributed by atoms with Crippen LogP contribution in [-0.2, 0) is 5.75 Å². The molecule has 0 aliphatic carbocycles. The molecule has 2 nitrogen and oxygen atoms in total. The molecule has 0 unspecified atom stereocenters. The number of thioether (sulfide) groups is 1. The first kappa shape index (κ1) is 13.6. The molecule has 1 heterocycles. The van der Waals surface area contributed by atoms with Gasteiger partial charge < -0.3 is 5.73 Å². The zero-order valence-electron chi connectivity index (χ0n) is 10.3. The van der Waals surface area contributed by atoms with Crippen LogP contribution in [0, 0.1) is 17.7 Å². The molecule has 4 heteroatoms. The molecule has 0 radical (unpaired) electrons. The van der Waals surface area contributed by atoms with E-state index in [4.69, 9.17) is 5.73 Å². The van der Waals surface area contributed by atoms with Gasteiger partial charge in [-0.3, -0.25) is 0 Å². The summed E-state index contributed by atoms with van der Waals surface area (Å²) in [6.45, 7) is 0.272. The molecular weight excluding hydrogens is 259 g/mol. The van der Waals surface area contributed by atoms with E-state index in [1.807, 2.05) is 24.3 Å². The molecule has 2 N–H and O–H groups in total. The van der Waals surface area contributed by atoms with E-state index < -0.39 is 0 Å². The summed E-state index contributed by atoms with van der Waals surface area (Å²) in [6, 6.07) is 10.5. The summed E-state index contributed by atoms with van der Waals surface area (Å²) >= 11 is 1.56. The lowest BCUT2D eigenvalue weighted by Gasteiger charge is -2.02. The van der Waals surface area contributed by atoms with E-state index >= 15 is 0 Å². The zero-order valence-corrected chi connectivity index (χ0v) is 11.1. The number of aromatic nitrogens is 1. The van der Waals surface area contributed by atoms with Crippen molar-refractivity contribution >= 4 is 11.8 Å². The Morgan fingerprint density at radius 3 is 2.89 bits per heavy atom. The van der Waals surface area contributed by atoms with Crippen LogP contribution < -0.4 is 5.73 Å².